The van der Waals surface area contributed by atoms with E-state index in [1.807, 2.05) is 6.92 Å². The van der Waals surface area contributed by atoms with Gasteiger partial charge in [0.15, 0.2) is 0 Å². The number of carbonyl (C=O) groups is 1. The van der Waals surface area contributed by atoms with Crippen molar-refractivity contribution < 1.29 is 15.0 Å². The zero-order valence-electron chi connectivity index (χ0n) is 10.2. The number of nitrogens with zero attached hydrogens (tertiary/aromatic N) is 2. The van der Waals surface area contributed by atoms with E-state index in [2.05, 4.69) is 5.10 Å². The lowest BCUT2D eigenvalue weighted by Gasteiger charge is -2.16. The van der Waals surface area contributed by atoms with Gasteiger partial charge in [0.2, 0.25) is 0 Å². The van der Waals surface area contributed by atoms with Gasteiger partial charge in [-0.2, -0.15) is 5.10 Å². The van der Waals surface area contributed by atoms with Gasteiger partial charge in [0.05, 0.1) is 12.1 Å². The highest BCUT2D eigenvalue weighted by Crippen LogP contribution is 2.35. The van der Waals surface area contributed by atoms with Gasteiger partial charge >= 0.3 is 5.97 Å². The van der Waals surface area contributed by atoms with Gasteiger partial charge in [-0.1, -0.05) is 6.92 Å². The Bertz CT molecular complexity index is 461. The van der Waals surface area contributed by atoms with Gasteiger partial charge in [-0.05, 0) is 25.0 Å². The molecule has 0 saturated heterocycles. The first-order chi connectivity index (χ1) is 8.56. The summed E-state index contributed by atoms with van der Waals surface area (Å²) in [5.41, 5.74) is 5.93. The number of aliphatic hydroxyl groups excluding tert-OH is 1. The molecule has 0 bridgehead atoms. The number of aromatic carboxylic acids is 1. The molecule has 2 unspecified atom stereocenters. The van der Waals surface area contributed by atoms with Crippen LogP contribution >= 0.6 is 11.8 Å². The number of hydrogen-bond donors (Lipinski definition) is 3. The van der Waals surface area contributed by atoms with Gasteiger partial charge in [0.25, 0.3) is 0 Å². The molecule has 1 aromatic rings. The van der Waals surface area contributed by atoms with E-state index < -0.39 is 12.1 Å². The van der Waals surface area contributed by atoms with Crippen LogP contribution in [-0.4, -0.2) is 37.8 Å². The van der Waals surface area contributed by atoms with Crippen molar-refractivity contribution in [2.75, 3.05) is 11.5 Å². The fourth-order valence-electron chi connectivity index (χ4n) is 2.32. The monoisotopic (exact) mass is 271 g/mol. The number of aliphatic hydroxyl groups is 1. The topological polar surface area (TPSA) is 101 Å². The van der Waals surface area contributed by atoms with Gasteiger partial charge in [0, 0.05) is 0 Å². The summed E-state index contributed by atoms with van der Waals surface area (Å²) in [6, 6.07) is -0.200. The van der Waals surface area contributed by atoms with Crippen LogP contribution in [0.1, 0.15) is 42.6 Å². The number of nitrogen functional groups attached to an aromatic ring is 1. The van der Waals surface area contributed by atoms with Crippen molar-refractivity contribution >= 4 is 23.5 Å². The third-order valence-corrected chi connectivity index (χ3v) is 4.02. The number of anilines is 1. The fraction of sp³-hybridized carbons (Fsp3) is 0.636. The predicted molar refractivity (Wildman–Crippen MR) is 68.9 cm³/mol. The highest BCUT2D eigenvalue weighted by atomic mass is 32.2. The molecule has 1 saturated carbocycles. The van der Waals surface area contributed by atoms with Crippen molar-refractivity contribution in [2.24, 2.45) is 0 Å². The van der Waals surface area contributed by atoms with Crippen LogP contribution in [-0.2, 0) is 0 Å². The maximum atomic E-state index is 11.2. The number of thioether (sulfide) groups is 1. The Hall–Kier alpha value is -1.21. The first-order valence-corrected chi connectivity index (χ1v) is 6.97. The van der Waals surface area contributed by atoms with Crippen LogP contribution in [0, 0.1) is 0 Å². The lowest BCUT2D eigenvalue weighted by molar-refractivity contribution is 0.0694. The fourth-order valence-corrected chi connectivity index (χ4v) is 3.08. The van der Waals surface area contributed by atoms with Crippen molar-refractivity contribution in [1.29, 1.82) is 0 Å². The van der Waals surface area contributed by atoms with Crippen molar-refractivity contribution in [2.45, 2.75) is 43.4 Å². The molecule has 0 aromatic carbocycles. The standard InChI is InChI=1S/C11H17N3O3S/c1-2-18-10-8(11(16)17)9(12)14(13-10)6-4-3-5-7(6)15/h6-7,15H,2-5,12H2,1H3,(H,16,17). The minimum absolute atomic E-state index is 0.0564. The van der Waals surface area contributed by atoms with E-state index in [0.717, 1.165) is 18.6 Å². The molecule has 1 aliphatic carbocycles. The van der Waals surface area contributed by atoms with E-state index in [9.17, 15) is 15.0 Å². The van der Waals surface area contributed by atoms with Crippen LogP contribution in [0.25, 0.3) is 0 Å². The smallest absolute Gasteiger partial charge is 0.342 e. The molecule has 4 N–H and O–H groups in total. The summed E-state index contributed by atoms with van der Waals surface area (Å²) in [5.74, 6) is -0.198. The summed E-state index contributed by atoms with van der Waals surface area (Å²) in [5, 5.41) is 23.7. The minimum Gasteiger partial charge on any atom is -0.477 e. The minimum atomic E-state index is -1.07. The lowest BCUT2D eigenvalue weighted by Crippen LogP contribution is -2.21. The molecule has 2 atom stereocenters. The van der Waals surface area contributed by atoms with Gasteiger partial charge in [-0.3, -0.25) is 0 Å². The summed E-state index contributed by atoms with van der Waals surface area (Å²) in [6.07, 6.45) is 1.91. The van der Waals surface area contributed by atoms with Crippen LogP contribution in [0.5, 0.6) is 0 Å². The number of aromatic nitrogens is 2. The van der Waals surface area contributed by atoms with Gasteiger partial charge in [-0.25, -0.2) is 9.48 Å². The highest BCUT2D eigenvalue weighted by Gasteiger charge is 2.32. The molecule has 0 radical (unpaired) electrons. The summed E-state index contributed by atoms with van der Waals surface area (Å²) in [7, 11) is 0. The van der Waals surface area contributed by atoms with E-state index >= 15 is 0 Å². The molecule has 7 heteroatoms. The molecular formula is C11H17N3O3S. The number of carboxylic acid groups (broad SMARTS) is 1. The number of nitrogens with two attached hydrogens (primary N) is 1. The Morgan fingerprint density at radius 1 is 1.61 bits per heavy atom. The van der Waals surface area contributed by atoms with Gasteiger partial charge in [-0.15, -0.1) is 11.8 Å². The highest BCUT2D eigenvalue weighted by molar-refractivity contribution is 7.99. The normalized spacial score (nSPS) is 23.4. The Kier molecular flexibility index (Phi) is 3.82. The first-order valence-electron chi connectivity index (χ1n) is 5.98. The Morgan fingerprint density at radius 2 is 2.33 bits per heavy atom. The average molecular weight is 271 g/mol. The zero-order chi connectivity index (χ0) is 13.3. The first kappa shape index (κ1) is 13.2. The second-order valence-corrected chi connectivity index (χ2v) is 5.57. The van der Waals surface area contributed by atoms with E-state index in [4.69, 9.17) is 5.73 Å². The Balaban J connectivity index is 2.42. The summed E-state index contributed by atoms with van der Waals surface area (Å²) >= 11 is 1.35. The third-order valence-electron chi connectivity index (χ3n) is 3.17. The van der Waals surface area contributed by atoms with Gasteiger partial charge < -0.3 is 15.9 Å². The maximum Gasteiger partial charge on any atom is 0.342 e. The molecule has 0 amide bonds. The van der Waals surface area contributed by atoms with Crippen molar-refractivity contribution in [3.63, 3.8) is 0 Å². The van der Waals surface area contributed by atoms with E-state index in [1.165, 1.54) is 16.4 Å². The molecule has 1 aromatic heterocycles. The second-order valence-electron chi connectivity index (χ2n) is 4.31. The molecular weight excluding hydrogens is 254 g/mol. The van der Waals surface area contributed by atoms with Crippen LogP contribution < -0.4 is 5.73 Å². The molecule has 1 fully saturated rings. The third kappa shape index (κ3) is 2.20. The molecule has 0 aliphatic heterocycles. The number of rotatable bonds is 4. The molecule has 0 spiro atoms. The van der Waals surface area contributed by atoms with Crippen molar-refractivity contribution in [1.82, 2.24) is 9.78 Å². The van der Waals surface area contributed by atoms with E-state index in [-0.39, 0.29) is 17.4 Å². The summed E-state index contributed by atoms with van der Waals surface area (Å²) < 4.78 is 1.49. The molecule has 18 heavy (non-hydrogen) atoms. The molecule has 6 nitrogen and oxygen atoms in total. The quantitative estimate of drug-likeness (QED) is 0.715. The molecule has 1 heterocycles. The van der Waals surface area contributed by atoms with E-state index in [0.29, 0.717) is 11.4 Å². The predicted octanol–water partition coefficient (Wildman–Crippen LogP) is 1.36. The molecule has 100 valence electrons. The Labute approximate surface area is 109 Å². The van der Waals surface area contributed by atoms with Crippen molar-refractivity contribution in [3.05, 3.63) is 5.56 Å². The van der Waals surface area contributed by atoms with Crippen LogP contribution in [0.2, 0.25) is 0 Å². The molecule has 1 aliphatic rings. The summed E-state index contributed by atoms with van der Waals surface area (Å²) in [4.78, 5) is 11.2. The number of hydrogen-bond acceptors (Lipinski definition) is 5. The van der Waals surface area contributed by atoms with E-state index in [1.54, 1.807) is 0 Å². The Morgan fingerprint density at radius 3 is 2.83 bits per heavy atom. The van der Waals surface area contributed by atoms with Gasteiger partial charge in [0.1, 0.15) is 16.4 Å². The van der Waals surface area contributed by atoms with Crippen LogP contribution in [0.4, 0.5) is 5.82 Å². The maximum absolute atomic E-state index is 11.2. The second kappa shape index (κ2) is 5.19. The lowest BCUT2D eigenvalue weighted by atomic mass is 10.2. The zero-order valence-corrected chi connectivity index (χ0v) is 11.0. The number of carboxylic acids is 1. The largest absolute Gasteiger partial charge is 0.477 e. The summed E-state index contributed by atoms with van der Waals surface area (Å²) in [6.45, 7) is 1.93. The van der Waals surface area contributed by atoms with Crippen LogP contribution in [0.3, 0.4) is 0 Å². The molecule has 2 rings (SSSR count). The van der Waals surface area contributed by atoms with Crippen LogP contribution in [0.15, 0.2) is 5.03 Å². The van der Waals surface area contributed by atoms with Crippen molar-refractivity contribution in [3.8, 4) is 0 Å². The SMILES string of the molecule is CCSc1nn(C2CCCC2O)c(N)c1C(=O)O. The average Bonchev–Trinajstić information content (AvgIpc) is 2.83.